The fourth-order valence-electron chi connectivity index (χ4n) is 2.01. The number of nitrogen functional groups attached to an aromatic ring is 1. The normalized spacial score (nSPS) is 17.5. The van der Waals surface area contributed by atoms with Crippen molar-refractivity contribution in [1.29, 1.82) is 0 Å². The van der Waals surface area contributed by atoms with E-state index in [0.29, 0.717) is 23.7 Å². The molecule has 2 N–H and O–H groups in total. The molecule has 0 saturated carbocycles. The van der Waals surface area contributed by atoms with Crippen LogP contribution < -0.4 is 5.73 Å². The van der Waals surface area contributed by atoms with Crippen LogP contribution >= 0.6 is 15.9 Å². The topological polar surface area (TPSA) is 63.4 Å². The summed E-state index contributed by atoms with van der Waals surface area (Å²) in [6.07, 6.45) is 1.87. The van der Waals surface area contributed by atoms with Crippen LogP contribution in [0.1, 0.15) is 18.4 Å². The lowest BCUT2D eigenvalue weighted by Gasteiger charge is -2.17. The van der Waals surface area contributed by atoms with E-state index in [1.165, 1.54) is 10.4 Å². The molecule has 1 fully saturated rings. The molecule has 1 saturated heterocycles. The van der Waals surface area contributed by atoms with Crippen LogP contribution in [0.25, 0.3) is 0 Å². The van der Waals surface area contributed by atoms with Gasteiger partial charge in [-0.05, 0) is 53.4 Å². The third-order valence-corrected chi connectivity index (χ3v) is 5.70. The van der Waals surface area contributed by atoms with Gasteiger partial charge < -0.3 is 5.73 Å². The first kappa shape index (κ1) is 12.9. The molecule has 94 valence electrons. The van der Waals surface area contributed by atoms with E-state index in [9.17, 15) is 8.42 Å². The Morgan fingerprint density at radius 1 is 1.29 bits per heavy atom. The smallest absolute Gasteiger partial charge is 0.243 e. The lowest BCUT2D eigenvalue weighted by Crippen LogP contribution is -2.28. The Kier molecular flexibility index (Phi) is 3.47. The summed E-state index contributed by atoms with van der Waals surface area (Å²) in [6, 6.07) is 3.28. The molecule has 0 aliphatic carbocycles. The predicted molar refractivity (Wildman–Crippen MR) is 71.3 cm³/mol. The van der Waals surface area contributed by atoms with E-state index in [2.05, 4.69) is 15.9 Å². The van der Waals surface area contributed by atoms with Crippen LogP contribution in [0.4, 0.5) is 5.69 Å². The maximum atomic E-state index is 12.4. The van der Waals surface area contributed by atoms with Gasteiger partial charge in [0.15, 0.2) is 0 Å². The van der Waals surface area contributed by atoms with Crippen molar-refractivity contribution in [2.75, 3.05) is 18.8 Å². The number of anilines is 1. The largest absolute Gasteiger partial charge is 0.398 e. The first-order valence-corrected chi connectivity index (χ1v) is 7.72. The lowest BCUT2D eigenvalue weighted by atomic mass is 10.2. The number of rotatable bonds is 2. The second-order valence-electron chi connectivity index (χ2n) is 4.25. The molecule has 1 aromatic carbocycles. The number of halogens is 1. The molecule has 0 unspecified atom stereocenters. The van der Waals surface area contributed by atoms with Gasteiger partial charge in [0.05, 0.1) is 4.90 Å². The number of hydrogen-bond acceptors (Lipinski definition) is 3. The predicted octanol–water partition coefficient (Wildman–Crippen LogP) is 2.12. The minimum absolute atomic E-state index is 0.320. The zero-order valence-electron chi connectivity index (χ0n) is 9.61. The maximum Gasteiger partial charge on any atom is 0.243 e. The Bertz CT molecular complexity index is 537. The van der Waals surface area contributed by atoms with Gasteiger partial charge in [-0.15, -0.1) is 0 Å². The van der Waals surface area contributed by atoms with Crippen LogP contribution in [0.3, 0.4) is 0 Å². The summed E-state index contributed by atoms with van der Waals surface area (Å²) in [6.45, 7) is 3.00. The molecular weight excluding hydrogens is 304 g/mol. The van der Waals surface area contributed by atoms with Gasteiger partial charge in [-0.2, -0.15) is 4.31 Å². The highest BCUT2D eigenvalue weighted by Crippen LogP contribution is 2.29. The van der Waals surface area contributed by atoms with Crippen molar-refractivity contribution < 1.29 is 8.42 Å². The third kappa shape index (κ3) is 2.34. The number of benzene rings is 1. The van der Waals surface area contributed by atoms with Gasteiger partial charge >= 0.3 is 0 Å². The molecule has 0 radical (unpaired) electrons. The minimum atomic E-state index is -3.38. The van der Waals surface area contributed by atoms with Crippen LogP contribution in [0.15, 0.2) is 21.5 Å². The number of aryl methyl sites for hydroxylation is 1. The summed E-state index contributed by atoms with van der Waals surface area (Å²) in [7, 11) is -3.38. The van der Waals surface area contributed by atoms with E-state index >= 15 is 0 Å². The summed E-state index contributed by atoms with van der Waals surface area (Å²) in [5.41, 5.74) is 6.93. The van der Waals surface area contributed by atoms with Gasteiger partial charge in [-0.3, -0.25) is 0 Å². The van der Waals surface area contributed by atoms with Gasteiger partial charge in [0, 0.05) is 23.2 Å². The molecule has 17 heavy (non-hydrogen) atoms. The highest BCUT2D eigenvalue weighted by atomic mass is 79.9. The number of nitrogens with two attached hydrogens (primary N) is 1. The molecule has 0 atom stereocenters. The molecule has 0 spiro atoms. The number of hydrogen-bond donors (Lipinski definition) is 1. The fourth-order valence-corrected chi connectivity index (χ4v) is 4.23. The van der Waals surface area contributed by atoms with Crippen molar-refractivity contribution in [3.63, 3.8) is 0 Å². The average Bonchev–Trinajstić information content (AvgIpc) is 2.77. The summed E-state index contributed by atoms with van der Waals surface area (Å²) in [5, 5.41) is 0. The van der Waals surface area contributed by atoms with E-state index in [1.807, 2.05) is 0 Å². The minimum Gasteiger partial charge on any atom is -0.398 e. The molecule has 1 heterocycles. The summed E-state index contributed by atoms with van der Waals surface area (Å²) in [5.74, 6) is 0. The molecule has 0 bridgehead atoms. The zero-order valence-corrected chi connectivity index (χ0v) is 12.0. The Hall–Kier alpha value is -0.590. The van der Waals surface area contributed by atoms with E-state index in [1.54, 1.807) is 13.0 Å². The van der Waals surface area contributed by atoms with Gasteiger partial charge in [-0.1, -0.05) is 0 Å². The molecular formula is C11H15BrN2O2S. The van der Waals surface area contributed by atoms with Crippen LogP contribution in [-0.4, -0.2) is 25.8 Å². The van der Waals surface area contributed by atoms with Crippen LogP contribution in [0.2, 0.25) is 0 Å². The van der Waals surface area contributed by atoms with Gasteiger partial charge in [0.1, 0.15) is 0 Å². The number of nitrogens with zero attached hydrogens (tertiary/aromatic N) is 1. The Labute approximate surface area is 110 Å². The van der Waals surface area contributed by atoms with Crippen molar-refractivity contribution in [3.05, 3.63) is 22.2 Å². The van der Waals surface area contributed by atoms with Gasteiger partial charge in [0.2, 0.25) is 10.0 Å². The van der Waals surface area contributed by atoms with E-state index in [-0.39, 0.29) is 0 Å². The van der Waals surface area contributed by atoms with Gasteiger partial charge in [-0.25, -0.2) is 8.42 Å². The van der Waals surface area contributed by atoms with Crippen molar-refractivity contribution in [2.45, 2.75) is 24.7 Å². The highest BCUT2D eigenvalue weighted by molar-refractivity contribution is 9.10. The standard InChI is InChI=1S/C11H15BrN2O2S/c1-8-6-9(12)10(13)7-11(8)17(15,16)14-4-2-3-5-14/h6-7H,2-5,13H2,1H3. The first-order chi connectivity index (χ1) is 7.93. The second-order valence-corrected chi connectivity index (χ2v) is 7.01. The molecule has 2 rings (SSSR count). The third-order valence-electron chi connectivity index (χ3n) is 2.98. The van der Waals surface area contributed by atoms with Crippen LogP contribution in [0.5, 0.6) is 0 Å². The van der Waals surface area contributed by atoms with E-state index < -0.39 is 10.0 Å². The van der Waals surface area contributed by atoms with Crippen LogP contribution in [-0.2, 0) is 10.0 Å². The summed E-state index contributed by atoms with van der Waals surface area (Å²) < 4.78 is 27.0. The summed E-state index contributed by atoms with van der Waals surface area (Å²) in [4.78, 5) is 0.320. The van der Waals surface area contributed by atoms with Crippen molar-refractivity contribution in [1.82, 2.24) is 4.31 Å². The van der Waals surface area contributed by atoms with Crippen molar-refractivity contribution >= 4 is 31.6 Å². The molecule has 0 amide bonds. The molecule has 4 nitrogen and oxygen atoms in total. The fraction of sp³-hybridized carbons (Fsp3) is 0.455. The molecule has 1 aliphatic rings. The average molecular weight is 319 g/mol. The van der Waals surface area contributed by atoms with Crippen molar-refractivity contribution in [2.24, 2.45) is 0 Å². The number of sulfonamides is 1. The van der Waals surface area contributed by atoms with Crippen LogP contribution in [0, 0.1) is 6.92 Å². The van der Waals surface area contributed by atoms with E-state index in [4.69, 9.17) is 5.73 Å². The second kappa shape index (κ2) is 4.59. The highest BCUT2D eigenvalue weighted by Gasteiger charge is 2.28. The SMILES string of the molecule is Cc1cc(Br)c(N)cc1S(=O)(=O)N1CCCC1. The lowest BCUT2D eigenvalue weighted by molar-refractivity contribution is 0.477. The monoisotopic (exact) mass is 318 g/mol. The summed E-state index contributed by atoms with van der Waals surface area (Å²) >= 11 is 3.30. The van der Waals surface area contributed by atoms with Crippen molar-refractivity contribution in [3.8, 4) is 0 Å². The quantitative estimate of drug-likeness (QED) is 0.849. The van der Waals surface area contributed by atoms with Gasteiger partial charge in [0.25, 0.3) is 0 Å². The maximum absolute atomic E-state index is 12.4. The Morgan fingerprint density at radius 2 is 1.88 bits per heavy atom. The zero-order chi connectivity index (χ0) is 12.6. The molecule has 0 aromatic heterocycles. The Morgan fingerprint density at radius 3 is 2.47 bits per heavy atom. The molecule has 1 aromatic rings. The Balaban J connectivity index is 2.49. The molecule has 1 aliphatic heterocycles. The van der Waals surface area contributed by atoms with E-state index in [0.717, 1.165) is 22.9 Å². The first-order valence-electron chi connectivity index (χ1n) is 5.48. The molecule has 6 heteroatoms.